The van der Waals surface area contributed by atoms with Crippen molar-refractivity contribution in [1.82, 2.24) is 19.4 Å². The normalized spacial score (nSPS) is 12.3. The number of alkyl halides is 3. The first kappa shape index (κ1) is 18.9. The van der Waals surface area contributed by atoms with Gasteiger partial charge in [-0.2, -0.15) is 27.9 Å². The van der Waals surface area contributed by atoms with E-state index in [-0.39, 0.29) is 17.1 Å². The van der Waals surface area contributed by atoms with E-state index in [1.807, 2.05) is 0 Å². The van der Waals surface area contributed by atoms with Gasteiger partial charge in [-0.05, 0) is 45.0 Å². The topological polar surface area (TPSA) is 48.3 Å². The average molecular weight is 429 g/mol. The predicted octanol–water partition coefficient (Wildman–Crippen LogP) is 6.03. The molecule has 0 radical (unpaired) electrons. The molecule has 0 fully saturated rings. The Morgan fingerprint density at radius 2 is 1.75 bits per heavy atom. The molecule has 0 aliphatic heterocycles. The number of halogens is 5. The monoisotopic (exact) mass is 428 g/mol. The van der Waals surface area contributed by atoms with E-state index >= 15 is 0 Å². The van der Waals surface area contributed by atoms with Crippen LogP contribution in [0.2, 0.25) is 10.0 Å². The summed E-state index contributed by atoms with van der Waals surface area (Å²) in [4.78, 5) is 0. The van der Waals surface area contributed by atoms with Crippen molar-refractivity contribution < 1.29 is 17.6 Å². The largest absolute Gasteiger partial charge is 0.439 e. The van der Waals surface area contributed by atoms with Gasteiger partial charge in [-0.3, -0.25) is 0 Å². The van der Waals surface area contributed by atoms with E-state index in [2.05, 4.69) is 10.2 Å². The van der Waals surface area contributed by atoms with Gasteiger partial charge in [0.2, 0.25) is 5.71 Å². The molecular formula is C18H13Cl2F3N4O. The van der Waals surface area contributed by atoms with Crippen LogP contribution in [0.5, 0.6) is 0 Å². The van der Waals surface area contributed by atoms with Crippen LogP contribution in [0.15, 0.2) is 28.7 Å². The molecule has 28 heavy (non-hydrogen) atoms. The van der Waals surface area contributed by atoms with Crippen molar-refractivity contribution in [2.24, 2.45) is 0 Å². The quantitative estimate of drug-likeness (QED) is 0.391. The van der Waals surface area contributed by atoms with Gasteiger partial charge in [0.25, 0.3) is 0 Å². The number of rotatable bonds is 2. The maximum absolute atomic E-state index is 13.5. The molecule has 0 amide bonds. The van der Waals surface area contributed by atoms with Crippen LogP contribution in [0.25, 0.3) is 22.7 Å². The zero-order valence-corrected chi connectivity index (χ0v) is 16.4. The molecule has 0 N–H and O–H groups in total. The Morgan fingerprint density at radius 1 is 1.04 bits per heavy atom. The molecule has 0 atom stereocenters. The smallest absolute Gasteiger partial charge is 0.433 e. The predicted molar refractivity (Wildman–Crippen MR) is 99.2 cm³/mol. The zero-order chi connectivity index (χ0) is 20.4. The Kier molecular flexibility index (Phi) is 4.24. The first-order valence-electron chi connectivity index (χ1n) is 8.16. The summed E-state index contributed by atoms with van der Waals surface area (Å²) in [5, 5.41) is 9.23. The summed E-state index contributed by atoms with van der Waals surface area (Å²) >= 11 is 12.3. The van der Waals surface area contributed by atoms with Crippen molar-refractivity contribution >= 4 is 28.9 Å². The highest BCUT2D eigenvalue weighted by molar-refractivity contribution is 6.36. The van der Waals surface area contributed by atoms with Gasteiger partial charge in [0, 0.05) is 10.6 Å². The van der Waals surface area contributed by atoms with E-state index in [1.165, 1.54) is 11.4 Å². The maximum atomic E-state index is 13.5. The molecule has 10 heteroatoms. The lowest BCUT2D eigenvalue weighted by Crippen LogP contribution is -2.13. The van der Waals surface area contributed by atoms with E-state index in [0.717, 1.165) is 10.7 Å². The van der Waals surface area contributed by atoms with Crippen molar-refractivity contribution in [2.75, 3.05) is 0 Å². The van der Waals surface area contributed by atoms with E-state index in [9.17, 15) is 13.2 Å². The lowest BCUT2D eigenvalue weighted by molar-refractivity contribution is -0.142. The minimum atomic E-state index is -4.58. The lowest BCUT2D eigenvalue weighted by Gasteiger charge is -2.08. The van der Waals surface area contributed by atoms with Gasteiger partial charge in [-0.25, -0.2) is 4.68 Å². The molecule has 3 aromatic heterocycles. The van der Waals surface area contributed by atoms with Crippen LogP contribution in [-0.2, 0) is 6.18 Å². The number of oxazole rings is 1. The van der Waals surface area contributed by atoms with Gasteiger partial charge in [-0.1, -0.05) is 23.2 Å². The Labute approximate surface area is 167 Å². The summed E-state index contributed by atoms with van der Waals surface area (Å²) in [6.07, 6.45) is -4.58. The Hall–Kier alpha value is -2.45. The molecule has 0 aliphatic carbocycles. The first-order chi connectivity index (χ1) is 13.1. The second kappa shape index (κ2) is 6.28. The molecule has 146 valence electrons. The van der Waals surface area contributed by atoms with Crippen LogP contribution in [0.1, 0.15) is 22.8 Å². The highest BCUT2D eigenvalue weighted by atomic mass is 35.5. The zero-order valence-electron chi connectivity index (χ0n) is 14.9. The second-order valence-electron chi connectivity index (χ2n) is 6.36. The summed E-state index contributed by atoms with van der Waals surface area (Å²) in [6, 6.07) is 5.93. The molecule has 1 aromatic carbocycles. The fourth-order valence-electron chi connectivity index (χ4n) is 3.18. The Morgan fingerprint density at radius 3 is 2.39 bits per heavy atom. The summed E-state index contributed by atoms with van der Waals surface area (Å²) in [5.41, 5.74) is 1.06. The summed E-state index contributed by atoms with van der Waals surface area (Å²) in [6.45, 7) is 4.78. The van der Waals surface area contributed by atoms with E-state index in [4.69, 9.17) is 27.6 Å². The summed E-state index contributed by atoms with van der Waals surface area (Å²) in [5.74, 6) is 0.449. The van der Waals surface area contributed by atoms with Crippen LogP contribution < -0.4 is 0 Å². The summed E-state index contributed by atoms with van der Waals surface area (Å²) < 4.78 is 48.5. The third-order valence-electron chi connectivity index (χ3n) is 4.30. The average Bonchev–Trinajstić information content (AvgIpc) is 3.19. The molecule has 4 aromatic rings. The minimum Gasteiger partial charge on any atom is -0.439 e. The SMILES string of the molecule is Cc1cc(C(F)(F)F)n(-c2c(C)nn3c(-c4ccc(Cl)cc4Cl)c(C)oc23)n1. The number of fused-ring (bicyclic) bond motifs is 1. The Balaban J connectivity index is 2.01. The fourth-order valence-corrected chi connectivity index (χ4v) is 3.68. The van der Waals surface area contributed by atoms with Gasteiger partial charge in [0.15, 0.2) is 5.69 Å². The van der Waals surface area contributed by atoms with Crippen molar-refractivity contribution in [1.29, 1.82) is 0 Å². The van der Waals surface area contributed by atoms with Crippen LogP contribution in [-0.4, -0.2) is 19.4 Å². The van der Waals surface area contributed by atoms with Crippen molar-refractivity contribution in [2.45, 2.75) is 26.9 Å². The van der Waals surface area contributed by atoms with Gasteiger partial charge in [0.1, 0.15) is 17.1 Å². The van der Waals surface area contributed by atoms with Crippen LogP contribution in [0.3, 0.4) is 0 Å². The van der Waals surface area contributed by atoms with E-state index < -0.39 is 11.9 Å². The highest BCUT2D eigenvalue weighted by Crippen LogP contribution is 2.38. The van der Waals surface area contributed by atoms with Gasteiger partial charge < -0.3 is 4.42 Å². The maximum Gasteiger partial charge on any atom is 0.433 e. The molecule has 5 nitrogen and oxygen atoms in total. The van der Waals surface area contributed by atoms with Gasteiger partial charge >= 0.3 is 6.18 Å². The number of aryl methyl sites for hydroxylation is 3. The third kappa shape index (κ3) is 2.87. The van der Waals surface area contributed by atoms with Gasteiger partial charge in [0.05, 0.1) is 16.4 Å². The number of nitrogens with zero attached hydrogens (tertiary/aromatic N) is 4. The molecule has 0 bridgehead atoms. The van der Waals surface area contributed by atoms with Crippen LogP contribution in [0, 0.1) is 20.8 Å². The number of aromatic nitrogens is 4. The van der Waals surface area contributed by atoms with Crippen LogP contribution in [0.4, 0.5) is 13.2 Å². The highest BCUT2D eigenvalue weighted by Gasteiger charge is 2.37. The number of hydrogen-bond acceptors (Lipinski definition) is 3. The molecular weight excluding hydrogens is 416 g/mol. The minimum absolute atomic E-state index is 0.125. The molecule has 3 heterocycles. The molecule has 0 saturated heterocycles. The van der Waals surface area contributed by atoms with E-state index in [0.29, 0.717) is 32.8 Å². The second-order valence-corrected chi connectivity index (χ2v) is 7.21. The van der Waals surface area contributed by atoms with E-state index in [1.54, 1.807) is 32.0 Å². The molecule has 0 aliphatic rings. The van der Waals surface area contributed by atoms with Crippen LogP contribution >= 0.6 is 23.2 Å². The van der Waals surface area contributed by atoms with Crippen molar-refractivity contribution in [3.8, 4) is 16.9 Å². The first-order valence-corrected chi connectivity index (χ1v) is 8.92. The fraction of sp³-hybridized carbons (Fsp3) is 0.222. The number of benzene rings is 1. The summed E-state index contributed by atoms with van der Waals surface area (Å²) in [7, 11) is 0. The third-order valence-corrected chi connectivity index (χ3v) is 4.85. The van der Waals surface area contributed by atoms with Crippen molar-refractivity contribution in [3.05, 3.63) is 57.2 Å². The molecule has 0 unspecified atom stereocenters. The lowest BCUT2D eigenvalue weighted by atomic mass is 10.1. The Bertz CT molecular complexity index is 1220. The standard InChI is InChI=1S/C18H13Cl2F3N4O/c1-8-6-14(18(21,22)23)26(24-8)15-9(2)25-27-16(10(3)28-17(15)27)12-5-4-11(19)7-13(12)20/h4-7H,1-3H3. The van der Waals surface area contributed by atoms with Crippen molar-refractivity contribution in [3.63, 3.8) is 0 Å². The molecule has 0 saturated carbocycles. The molecule has 4 rings (SSSR count). The number of hydrogen-bond donors (Lipinski definition) is 0. The molecule has 0 spiro atoms. The van der Waals surface area contributed by atoms with Gasteiger partial charge in [-0.15, -0.1) is 0 Å².